The molecule has 1 fully saturated rings. The van der Waals surface area contributed by atoms with Gasteiger partial charge in [-0.1, -0.05) is 6.92 Å². The maximum absolute atomic E-state index is 11.7. The average molecular weight is 229 g/mol. The van der Waals surface area contributed by atoms with Gasteiger partial charge in [0.05, 0.1) is 12.6 Å². The molecule has 1 aliphatic heterocycles. The van der Waals surface area contributed by atoms with E-state index in [1.807, 2.05) is 20.8 Å². The smallest absolute Gasteiger partial charge is 0.410 e. The summed E-state index contributed by atoms with van der Waals surface area (Å²) in [6.45, 7) is 9.90. The predicted octanol–water partition coefficient (Wildman–Crippen LogP) is 2.42. The zero-order valence-electron chi connectivity index (χ0n) is 10.8. The van der Waals surface area contributed by atoms with Crippen LogP contribution in [0.2, 0.25) is 0 Å². The molecule has 0 N–H and O–H groups in total. The number of amides is 1. The molecule has 0 bridgehead atoms. The molecule has 1 saturated heterocycles. The first-order chi connectivity index (χ1) is 7.42. The zero-order chi connectivity index (χ0) is 12.2. The number of nitrogens with zero attached hydrogens (tertiary/aromatic N) is 1. The van der Waals surface area contributed by atoms with Gasteiger partial charge in [0, 0.05) is 13.2 Å². The number of likely N-dealkylation sites (tertiary alicyclic amines) is 1. The van der Waals surface area contributed by atoms with Crippen LogP contribution < -0.4 is 0 Å². The summed E-state index contributed by atoms with van der Waals surface area (Å²) < 4.78 is 10.9. The Morgan fingerprint density at radius 2 is 2.12 bits per heavy atom. The van der Waals surface area contributed by atoms with Gasteiger partial charge >= 0.3 is 6.09 Å². The molecule has 0 spiro atoms. The summed E-state index contributed by atoms with van der Waals surface area (Å²) in [5, 5.41) is 0. The molecule has 0 aromatic rings. The van der Waals surface area contributed by atoms with Crippen LogP contribution in [0.4, 0.5) is 4.79 Å². The van der Waals surface area contributed by atoms with E-state index in [-0.39, 0.29) is 12.2 Å². The summed E-state index contributed by atoms with van der Waals surface area (Å²) in [5.74, 6) is 0. The van der Waals surface area contributed by atoms with Crippen molar-refractivity contribution in [3.63, 3.8) is 0 Å². The van der Waals surface area contributed by atoms with E-state index in [1.165, 1.54) is 0 Å². The van der Waals surface area contributed by atoms with E-state index in [4.69, 9.17) is 9.47 Å². The van der Waals surface area contributed by atoms with Gasteiger partial charge in [-0.2, -0.15) is 0 Å². The lowest BCUT2D eigenvalue weighted by Crippen LogP contribution is -2.36. The quantitative estimate of drug-likeness (QED) is 0.746. The van der Waals surface area contributed by atoms with Crippen LogP contribution in [0.25, 0.3) is 0 Å². The van der Waals surface area contributed by atoms with Gasteiger partial charge in [-0.05, 0) is 33.6 Å². The largest absolute Gasteiger partial charge is 0.444 e. The molecule has 0 aromatic carbocycles. The molecule has 1 atom stereocenters. The number of carbonyl (C=O) groups excluding carboxylic acids is 1. The highest BCUT2D eigenvalue weighted by Crippen LogP contribution is 2.17. The minimum absolute atomic E-state index is 0.187. The van der Waals surface area contributed by atoms with Crippen molar-refractivity contribution in [2.75, 3.05) is 19.7 Å². The van der Waals surface area contributed by atoms with Gasteiger partial charge in [0.1, 0.15) is 5.60 Å². The molecule has 0 aliphatic carbocycles. The Morgan fingerprint density at radius 3 is 2.69 bits per heavy atom. The minimum Gasteiger partial charge on any atom is -0.444 e. The molecular formula is C12H23NO3. The molecule has 4 heteroatoms. The number of hydrogen-bond acceptors (Lipinski definition) is 3. The third kappa shape index (κ3) is 4.39. The van der Waals surface area contributed by atoms with Crippen molar-refractivity contribution in [3.05, 3.63) is 0 Å². The fourth-order valence-electron chi connectivity index (χ4n) is 1.64. The van der Waals surface area contributed by atoms with Crippen molar-refractivity contribution in [2.24, 2.45) is 0 Å². The van der Waals surface area contributed by atoms with Crippen molar-refractivity contribution < 1.29 is 14.3 Å². The average Bonchev–Trinajstić information content (AvgIpc) is 2.60. The molecular weight excluding hydrogens is 206 g/mol. The molecule has 0 aromatic heterocycles. The van der Waals surface area contributed by atoms with E-state index in [2.05, 4.69) is 6.92 Å². The van der Waals surface area contributed by atoms with Crippen molar-refractivity contribution in [2.45, 2.75) is 52.2 Å². The van der Waals surface area contributed by atoms with Crippen molar-refractivity contribution in [1.82, 2.24) is 4.90 Å². The van der Waals surface area contributed by atoms with E-state index in [9.17, 15) is 4.79 Å². The molecule has 1 rings (SSSR count). The maximum atomic E-state index is 11.7. The summed E-state index contributed by atoms with van der Waals surface area (Å²) in [4.78, 5) is 13.5. The van der Waals surface area contributed by atoms with Crippen LogP contribution in [0.5, 0.6) is 0 Å². The number of carbonyl (C=O) groups is 1. The lowest BCUT2D eigenvalue weighted by Gasteiger charge is -2.24. The fraction of sp³-hybridized carbons (Fsp3) is 0.917. The molecule has 4 nitrogen and oxygen atoms in total. The van der Waals surface area contributed by atoms with E-state index < -0.39 is 5.60 Å². The first-order valence-corrected chi connectivity index (χ1v) is 6.02. The monoisotopic (exact) mass is 229 g/mol. The predicted molar refractivity (Wildman–Crippen MR) is 62.5 cm³/mol. The maximum Gasteiger partial charge on any atom is 0.410 e. The molecule has 1 aliphatic rings. The molecule has 0 saturated carbocycles. The van der Waals surface area contributed by atoms with Gasteiger partial charge in [-0.25, -0.2) is 4.79 Å². The topological polar surface area (TPSA) is 38.8 Å². The van der Waals surface area contributed by atoms with Crippen LogP contribution in [0.1, 0.15) is 40.5 Å². The summed E-state index contributed by atoms with van der Waals surface area (Å²) in [6, 6.07) is 0. The van der Waals surface area contributed by atoms with Crippen LogP contribution >= 0.6 is 0 Å². The highest BCUT2D eigenvalue weighted by atomic mass is 16.6. The first kappa shape index (κ1) is 13.3. The third-order valence-electron chi connectivity index (χ3n) is 2.35. The molecule has 1 heterocycles. The van der Waals surface area contributed by atoms with Gasteiger partial charge in [-0.15, -0.1) is 0 Å². The normalized spacial score (nSPS) is 21.2. The Hall–Kier alpha value is -0.770. The Kier molecular flexibility index (Phi) is 4.59. The van der Waals surface area contributed by atoms with Crippen LogP contribution in [0.15, 0.2) is 0 Å². The molecule has 1 unspecified atom stereocenters. The second kappa shape index (κ2) is 5.53. The van der Waals surface area contributed by atoms with Gasteiger partial charge in [0.15, 0.2) is 0 Å². The second-order valence-electron chi connectivity index (χ2n) is 5.21. The molecule has 94 valence electrons. The molecule has 0 radical (unpaired) electrons. The van der Waals surface area contributed by atoms with Gasteiger partial charge in [0.2, 0.25) is 0 Å². The fourth-order valence-corrected chi connectivity index (χ4v) is 1.64. The van der Waals surface area contributed by atoms with Gasteiger partial charge < -0.3 is 14.4 Å². The lowest BCUT2D eigenvalue weighted by atomic mass is 10.2. The van der Waals surface area contributed by atoms with E-state index >= 15 is 0 Å². The molecule has 16 heavy (non-hydrogen) atoms. The molecule has 1 amide bonds. The highest BCUT2D eigenvalue weighted by molar-refractivity contribution is 5.68. The van der Waals surface area contributed by atoms with Crippen molar-refractivity contribution in [1.29, 1.82) is 0 Å². The highest BCUT2D eigenvalue weighted by Gasteiger charge is 2.29. The number of rotatable bonds is 3. The van der Waals surface area contributed by atoms with Crippen LogP contribution in [-0.2, 0) is 9.47 Å². The van der Waals surface area contributed by atoms with Crippen molar-refractivity contribution >= 4 is 6.09 Å². The van der Waals surface area contributed by atoms with Crippen LogP contribution in [-0.4, -0.2) is 42.4 Å². The summed E-state index contributed by atoms with van der Waals surface area (Å²) >= 11 is 0. The standard InChI is InChI=1S/C12H23NO3/c1-5-8-15-10-6-7-13(9-10)11(14)16-12(2,3)4/h10H,5-9H2,1-4H3. The summed E-state index contributed by atoms with van der Waals surface area (Å²) in [6.07, 6.45) is 1.89. The SMILES string of the molecule is CCCOC1CCN(C(=O)OC(C)(C)C)C1. The van der Waals surface area contributed by atoms with Crippen LogP contribution in [0, 0.1) is 0 Å². The van der Waals surface area contributed by atoms with Crippen molar-refractivity contribution in [3.8, 4) is 0 Å². The van der Waals surface area contributed by atoms with Gasteiger partial charge in [0.25, 0.3) is 0 Å². The number of ether oxygens (including phenoxy) is 2. The van der Waals surface area contributed by atoms with E-state index in [1.54, 1.807) is 4.90 Å². The number of hydrogen-bond donors (Lipinski definition) is 0. The third-order valence-corrected chi connectivity index (χ3v) is 2.35. The zero-order valence-corrected chi connectivity index (χ0v) is 10.8. The Morgan fingerprint density at radius 1 is 1.44 bits per heavy atom. The Labute approximate surface area is 97.9 Å². The Balaban J connectivity index is 2.32. The van der Waals surface area contributed by atoms with E-state index in [0.717, 1.165) is 26.0 Å². The summed E-state index contributed by atoms with van der Waals surface area (Å²) in [5.41, 5.74) is -0.417. The van der Waals surface area contributed by atoms with Crippen LogP contribution in [0.3, 0.4) is 0 Å². The second-order valence-corrected chi connectivity index (χ2v) is 5.21. The summed E-state index contributed by atoms with van der Waals surface area (Å²) in [7, 11) is 0. The minimum atomic E-state index is -0.417. The van der Waals surface area contributed by atoms with E-state index in [0.29, 0.717) is 6.54 Å². The first-order valence-electron chi connectivity index (χ1n) is 6.02. The lowest BCUT2D eigenvalue weighted by molar-refractivity contribution is 0.0211. The Bertz CT molecular complexity index is 235. The van der Waals surface area contributed by atoms with Gasteiger partial charge in [-0.3, -0.25) is 0 Å².